The Balaban J connectivity index is 1.64. The Morgan fingerprint density at radius 2 is 2.10 bits per heavy atom. The summed E-state index contributed by atoms with van der Waals surface area (Å²) in [7, 11) is 0. The van der Waals surface area contributed by atoms with Crippen LogP contribution in [0.15, 0.2) is 48.8 Å². The van der Waals surface area contributed by atoms with Crippen molar-refractivity contribution in [2.45, 2.75) is 44.7 Å². The molecule has 1 amide bonds. The number of likely N-dealkylation sites (tertiary alicyclic amines) is 1. The Kier molecular flexibility index (Phi) is 7.10. The molecule has 30 heavy (non-hydrogen) atoms. The van der Waals surface area contributed by atoms with Gasteiger partial charge in [0.1, 0.15) is 0 Å². The molecule has 1 atom stereocenters. The Morgan fingerprint density at radius 3 is 2.93 bits per heavy atom. The minimum atomic E-state index is -0.0762. The van der Waals surface area contributed by atoms with E-state index >= 15 is 0 Å². The first-order chi connectivity index (χ1) is 14.8. The smallest absolute Gasteiger partial charge is 0.261 e. The lowest BCUT2D eigenvalue weighted by atomic mass is 9.97. The average molecular weight is 424 g/mol. The van der Waals surface area contributed by atoms with Gasteiger partial charge >= 0.3 is 0 Å². The number of carbonyl (C=O) groups excluding carboxylic acids is 1. The zero-order valence-electron chi connectivity index (χ0n) is 17.2. The van der Waals surface area contributed by atoms with Crippen molar-refractivity contribution in [1.82, 2.24) is 15.2 Å². The highest BCUT2D eigenvalue weighted by Crippen LogP contribution is 2.34. The van der Waals surface area contributed by atoms with Crippen molar-refractivity contribution >= 4 is 27.3 Å². The molecule has 158 valence electrons. The van der Waals surface area contributed by atoms with Gasteiger partial charge in [0.25, 0.3) is 5.91 Å². The number of amides is 1. The van der Waals surface area contributed by atoms with Crippen molar-refractivity contribution in [1.29, 1.82) is 0 Å². The van der Waals surface area contributed by atoms with E-state index < -0.39 is 0 Å². The van der Waals surface area contributed by atoms with E-state index in [1.807, 2.05) is 24.5 Å². The third-order valence-electron chi connectivity index (χ3n) is 5.85. The topological polar surface area (TPSA) is 65.5 Å². The summed E-state index contributed by atoms with van der Waals surface area (Å²) in [4.78, 5) is 20.5. The van der Waals surface area contributed by atoms with Crippen molar-refractivity contribution in [3.05, 3.63) is 64.8 Å². The Labute approximate surface area is 181 Å². The lowest BCUT2D eigenvalue weighted by Gasteiger charge is -2.30. The van der Waals surface area contributed by atoms with E-state index in [-0.39, 0.29) is 19.1 Å². The van der Waals surface area contributed by atoms with Crippen molar-refractivity contribution in [2.24, 2.45) is 0 Å². The molecule has 0 aliphatic carbocycles. The van der Waals surface area contributed by atoms with Crippen LogP contribution < -0.4 is 5.32 Å². The van der Waals surface area contributed by atoms with Gasteiger partial charge in [0.05, 0.1) is 11.5 Å². The number of carbonyl (C=O) groups is 1. The second-order valence-corrected chi connectivity index (χ2v) is 8.98. The molecule has 1 aliphatic heterocycles. The first kappa shape index (κ1) is 21.0. The van der Waals surface area contributed by atoms with Crippen LogP contribution in [0.25, 0.3) is 10.1 Å². The van der Waals surface area contributed by atoms with Gasteiger partial charge in [-0.25, -0.2) is 0 Å². The second kappa shape index (κ2) is 10.2. The molecule has 0 saturated carbocycles. The molecule has 0 unspecified atom stereocenters. The number of pyridine rings is 1. The number of rotatable bonds is 7. The van der Waals surface area contributed by atoms with E-state index in [1.54, 1.807) is 11.3 Å². The first-order valence-electron chi connectivity index (χ1n) is 10.8. The van der Waals surface area contributed by atoms with Crippen molar-refractivity contribution in [2.75, 3.05) is 19.7 Å². The van der Waals surface area contributed by atoms with E-state index in [1.165, 1.54) is 30.2 Å². The van der Waals surface area contributed by atoms with Crippen molar-refractivity contribution in [3.8, 4) is 0 Å². The molecule has 2 N–H and O–H groups in total. The Morgan fingerprint density at radius 1 is 1.20 bits per heavy atom. The maximum absolute atomic E-state index is 12.8. The molecule has 6 heteroatoms. The molecule has 4 rings (SSSR count). The summed E-state index contributed by atoms with van der Waals surface area (Å²) in [6, 6.07) is 12.8. The number of fused-ring (bicyclic) bond motifs is 1. The summed E-state index contributed by atoms with van der Waals surface area (Å²) < 4.78 is 1.15. The van der Waals surface area contributed by atoms with Gasteiger partial charge in [0.2, 0.25) is 0 Å². The van der Waals surface area contributed by atoms with Gasteiger partial charge in [0.15, 0.2) is 0 Å². The molecular weight excluding hydrogens is 394 g/mol. The molecule has 0 radical (unpaired) electrons. The van der Waals surface area contributed by atoms with Gasteiger partial charge in [-0.1, -0.05) is 37.1 Å². The molecule has 1 aliphatic rings. The van der Waals surface area contributed by atoms with Gasteiger partial charge in [-0.15, -0.1) is 11.3 Å². The molecule has 0 spiro atoms. The highest BCUT2D eigenvalue weighted by atomic mass is 32.1. The maximum Gasteiger partial charge on any atom is 0.261 e. The summed E-state index contributed by atoms with van der Waals surface area (Å²) in [5, 5.41) is 13.1. The van der Waals surface area contributed by atoms with E-state index in [0.717, 1.165) is 41.1 Å². The fourth-order valence-electron chi connectivity index (χ4n) is 4.37. The molecule has 1 fully saturated rings. The van der Waals surface area contributed by atoms with Crippen LogP contribution in [-0.2, 0) is 13.0 Å². The quantitative estimate of drug-likeness (QED) is 0.603. The van der Waals surface area contributed by atoms with Gasteiger partial charge in [-0.2, -0.15) is 0 Å². The van der Waals surface area contributed by atoms with Crippen LogP contribution in [0.5, 0.6) is 0 Å². The predicted molar refractivity (Wildman–Crippen MR) is 122 cm³/mol. The van der Waals surface area contributed by atoms with Gasteiger partial charge in [0, 0.05) is 36.2 Å². The molecule has 1 aromatic carbocycles. The third-order valence-corrected chi connectivity index (χ3v) is 7.06. The van der Waals surface area contributed by atoms with Crippen LogP contribution in [0.3, 0.4) is 0 Å². The number of hydrogen-bond acceptors (Lipinski definition) is 5. The minimum Gasteiger partial charge on any atom is -0.395 e. The zero-order chi connectivity index (χ0) is 20.8. The Hall–Kier alpha value is -2.28. The SMILES string of the molecule is O=C(NCCO)c1sc2ccccc2c1C[C@H]1CCCCCN1Cc1cccnc1. The second-order valence-electron chi connectivity index (χ2n) is 7.92. The summed E-state index contributed by atoms with van der Waals surface area (Å²) in [6.07, 6.45) is 9.48. The molecule has 1 saturated heterocycles. The highest BCUT2D eigenvalue weighted by Gasteiger charge is 2.26. The molecule has 3 heterocycles. The number of hydrogen-bond donors (Lipinski definition) is 2. The average Bonchev–Trinajstić information content (AvgIpc) is 3.00. The van der Waals surface area contributed by atoms with Crippen LogP contribution in [0.1, 0.15) is 46.5 Å². The van der Waals surface area contributed by atoms with Crippen molar-refractivity contribution < 1.29 is 9.90 Å². The largest absolute Gasteiger partial charge is 0.395 e. The van der Waals surface area contributed by atoms with Gasteiger partial charge < -0.3 is 10.4 Å². The van der Waals surface area contributed by atoms with E-state index in [4.69, 9.17) is 5.11 Å². The van der Waals surface area contributed by atoms with Gasteiger partial charge in [-0.3, -0.25) is 14.7 Å². The van der Waals surface area contributed by atoms with Crippen LogP contribution in [0.4, 0.5) is 0 Å². The zero-order valence-corrected chi connectivity index (χ0v) is 18.0. The van der Waals surface area contributed by atoms with Gasteiger partial charge in [-0.05, 0) is 54.5 Å². The summed E-state index contributed by atoms with van der Waals surface area (Å²) in [5.74, 6) is -0.0762. The number of aromatic nitrogens is 1. The monoisotopic (exact) mass is 423 g/mol. The molecule has 0 bridgehead atoms. The fraction of sp³-hybridized carbons (Fsp3) is 0.417. The lowest BCUT2D eigenvalue weighted by molar-refractivity contribution is 0.0947. The normalized spacial score (nSPS) is 17.7. The van der Waals surface area contributed by atoms with E-state index in [2.05, 4.69) is 39.5 Å². The molecule has 5 nitrogen and oxygen atoms in total. The third kappa shape index (κ3) is 4.89. The van der Waals surface area contributed by atoms with Crippen LogP contribution in [-0.4, -0.2) is 46.6 Å². The van der Waals surface area contributed by atoms with E-state index in [9.17, 15) is 4.79 Å². The maximum atomic E-state index is 12.8. The van der Waals surface area contributed by atoms with Crippen LogP contribution in [0, 0.1) is 0 Å². The number of aliphatic hydroxyl groups excluding tert-OH is 1. The molecule has 3 aromatic rings. The number of benzene rings is 1. The Bertz CT molecular complexity index is 973. The minimum absolute atomic E-state index is 0.0481. The number of nitrogens with zero attached hydrogens (tertiary/aromatic N) is 2. The summed E-state index contributed by atoms with van der Waals surface area (Å²) in [6.45, 7) is 2.21. The first-order valence-corrected chi connectivity index (χ1v) is 11.6. The molecular formula is C24H29N3O2S. The standard InChI is InChI=1S/C24H29N3O2S/c28-14-12-26-24(29)23-21(20-9-3-4-10-22(20)30-23)15-19-8-2-1-5-13-27(19)17-18-7-6-11-25-16-18/h3-4,6-7,9-11,16,19,28H,1-2,5,8,12-15,17H2,(H,26,29)/t19-/m1/s1. The highest BCUT2D eigenvalue weighted by molar-refractivity contribution is 7.21. The van der Waals surface area contributed by atoms with Crippen LogP contribution in [0.2, 0.25) is 0 Å². The summed E-state index contributed by atoms with van der Waals surface area (Å²) in [5.41, 5.74) is 2.38. The number of nitrogens with one attached hydrogen (secondary N) is 1. The predicted octanol–water partition coefficient (Wildman–Crippen LogP) is 4.01. The van der Waals surface area contributed by atoms with Crippen molar-refractivity contribution in [3.63, 3.8) is 0 Å². The lowest BCUT2D eigenvalue weighted by Crippen LogP contribution is -2.36. The summed E-state index contributed by atoms with van der Waals surface area (Å²) >= 11 is 1.56. The fourth-order valence-corrected chi connectivity index (χ4v) is 5.52. The molecule has 2 aromatic heterocycles. The number of aliphatic hydroxyl groups is 1. The number of thiophene rings is 1. The van der Waals surface area contributed by atoms with Crippen LogP contribution >= 0.6 is 11.3 Å². The van der Waals surface area contributed by atoms with E-state index in [0.29, 0.717) is 6.04 Å².